The Hall–Kier alpha value is -1.52. The standard InChI is InChI=1S/C12H19NO4/c1-5-8-6-7-13(9(8)10(14)15)11(16)17-12(2,3)4/h5,8-9H,1,6-7H2,2-4H3,(H,14,15)/t8-,9-/m1/s1. The second-order valence-corrected chi connectivity index (χ2v) is 5.15. The van der Waals surface area contributed by atoms with E-state index in [1.54, 1.807) is 26.8 Å². The van der Waals surface area contributed by atoms with Crippen LogP contribution in [0.1, 0.15) is 27.2 Å². The normalized spacial score (nSPS) is 24.5. The highest BCUT2D eigenvalue weighted by atomic mass is 16.6. The Morgan fingerprint density at radius 2 is 2.06 bits per heavy atom. The lowest BCUT2D eigenvalue weighted by molar-refractivity contribution is -0.142. The lowest BCUT2D eigenvalue weighted by atomic mass is 10.0. The van der Waals surface area contributed by atoms with Crippen LogP contribution in [-0.4, -0.2) is 40.3 Å². The van der Waals surface area contributed by atoms with Crippen LogP contribution in [0.3, 0.4) is 0 Å². The zero-order valence-corrected chi connectivity index (χ0v) is 10.5. The summed E-state index contributed by atoms with van der Waals surface area (Å²) in [6.45, 7) is 9.25. The van der Waals surface area contributed by atoms with Gasteiger partial charge in [-0.1, -0.05) is 6.08 Å². The lowest BCUT2D eigenvalue weighted by Crippen LogP contribution is -2.45. The maximum atomic E-state index is 11.8. The van der Waals surface area contributed by atoms with Crippen molar-refractivity contribution in [2.24, 2.45) is 5.92 Å². The summed E-state index contributed by atoms with van der Waals surface area (Å²) in [5, 5.41) is 9.14. The molecule has 5 nitrogen and oxygen atoms in total. The average Bonchev–Trinajstić information content (AvgIpc) is 2.57. The van der Waals surface area contributed by atoms with E-state index in [1.165, 1.54) is 4.90 Å². The molecule has 0 aromatic carbocycles. The number of carboxylic acids is 1. The van der Waals surface area contributed by atoms with Gasteiger partial charge in [0.05, 0.1) is 0 Å². The minimum atomic E-state index is -1.02. The molecule has 1 N–H and O–H groups in total. The van der Waals surface area contributed by atoms with Gasteiger partial charge in [0, 0.05) is 12.5 Å². The first-order valence-electron chi connectivity index (χ1n) is 5.61. The SMILES string of the molecule is C=C[C@@H]1CCN(C(=O)OC(C)(C)C)[C@H]1C(=O)O. The Balaban J connectivity index is 2.80. The summed E-state index contributed by atoms with van der Waals surface area (Å²) in [7, 11) is 0. The summed E-state index contributed by atoms with van der Waals surface area (Å²) in [6.07, 6.45) is 1.62. The minimum absolute atomic E-state index is 0.208. The third-order valence-electron chi connectivity index (χ3n) is 2.63. The van der Waals surface area contributed by atoms with Crippen molar-refractivity contribution in [2.75, 3.05) is 6.54 Å². The first kappa shape index (κ1) is 13.5. The molecule has 0 bridgehead atoms. The minimum Gasteiger partial charge on any atom is -0.480 e. The topological polar surface area (TPSA) is 66.8 Å². The van der Waals surface area contributed by atoms with E-state index >= 15 is 0 Å². The van der Waals surface area contributed by atoms with Gasteiger partial charge in [-0.05, 0) is 27.2 Å². The monoisotopic (exact) mass is 241 g/mol. The number of carboxylic acid groups (broad SMARTS) is 1. The first-order valence-corrected chi connectivity index (χ1v) is 5.61. The fourth-order valence-corrected chi connectivity index (χ4v) is 1.90. The van der Waals surface area contributed by atoms with Crippen LogP contribution < -0.4 is 0 Å². The number of rotatable bonds is 2. The third kappa shape index (κ3) is 3.22. The number of carbonyl (C=O) groups excluding carboxylic acids is 1. The van der Waals surface area contributed by atoms with Crippen molar-refractivity contribution in [3.8, 4) is 0 Å². The summed E-state index contributed by atoms with van der Waals surface area (Å²) < 4.78 is 5.18. The molecule has 0 aliphatic carbocycles. The maximum Gasteiger partial charge on any atom is 0.411 e. The highest BCUT2D eigenvalue weighted by Crippen LogP contribution is 2.27. The van der Waals surface area contributed by atoms with Crippen molar-refractivity contribution in [3.63, 3.8) is 0 Å². The van der Waals surface area contributed by atoms with E-state index in [-0.39, 0.29) is 5.92 Å². The van der Waals surface area contributed by atoms with E-state index in [0.29, 0.717) is 13.0 Å². The van der Waals surface area contributed by atoms with E-state index in [0.717, 1.165) is 0 Å². The number of hydrogen-bond donors (Lipinski definition) is 1. The van der Waals surface area contributed by atoms with Crippen molar-refractivity contribution < 1.29 is 19.4 Å². The van der Waals surface area contributed by atoms with Crippen LogP contribution in [0.15, 0.2) is 12.7 Å². The largest absolute Gasteiger partial charge is 0.480 e. The van der Waals surface area contributed by atoms with Gasteiger partial charge in [0.2, 0.25) is 0 Å². The predicted molar refractivity (Wildman–Crippen MR) is 62.7 cm³/mol. The van der Waals surface area contributed by atoms with E-state index in [1.807, 2.05) is 0 Å². The molecule has 0 spiro atoms. The Morgan fingerprint density at radius 3 is 2.47 bits per heavy atom. The number of carbonyl (C=O) groups is 2. The molecule has 96 valence electrons. The van der Waals surface area contributed by atoms with Gasteiger partial charge in [0.25, 0.3) is 0 Å². The van der Waals surface area contributed by atoms with Crippen LogP contribution in [0, 0.1) is 5.92 Å². The Kier molecular flexibility index (Phi) is 3.80. The van der Waals surface area contributed by atoms with Gasteiger partial charge >= 0.3 is 12.1 Å². The average molecular weight is 241 g/mol. The van der Waals surface area contributed by atoms with Gasteiger partial charge in [-0.3, -0.25) is 4.90 Å². The highest BCUT2D eigenvalue weighted by Gasteiger charge is 2.42. The van der Waals surface area contributed by atoms with Gasteiger partial charge in [0.1, 0.15) is 11.6 Å². The van der Waals surface area contributed by atoms with E-state index in [2.05, 4.69) is 6.58 Å². The van der Waals surface area contributed by atoms with Gasteiger partial charge in [-0.15, -0.1) is 6.58 Å². The van der Waals surface area contributed by atoms with E-state index < -0.39 is 23.7 Å². The Morgan fingerprint density at radius 1 is 1.47 bits per heavy atom. The fourth-order valence-electron chi connectivity index (χ4n) is 1.90. The lowest BCUT2D eigenvalue weighted by Gasteiger charge is -2.27. The smallest absolute Gasteiger partial charge is 0.411 e. The summed E-state index contributed by atoms with van der Waals surface area (Å²) in [6, 6.07) is -0.859. The quantitative estimate of drug-likeness (QED) is 0.749. The van der Waals surface area contributed by atoms with Crippen LogP contribution in [0.4, 0.5) is 4.79 Å². The summed E-state index contributed by atoms with van der Waals surface area (Å²) in [5.41, 5.74) is -0.619. The molecule has 0 unspecified atom stereocenters. The molecule has 1 fully saturated rings. The van der Waals surface area contributed by atoms with Crippen LogP contribution in [0.5, 0.6) is 0 Å². The molecule has 17 heavy (non-hydrogen) atoms. The number of nitrogens with zero attached hydrogens (tertiary/aromatic N) is 1. The molecule has 1 saturated heterocycles. The molecule has 0 radical (unpaired) electrons. The predicted octanol–water partition coefficient (Wildman–Crippen LogP) is 1.88. The Labute approximate surface area is 101 Å². The fraction of sp³-hybridized carbons (Fsp3) is 0.667. The van der Waals surface area contributed by atoms with Crippen LogP contribution in [0.25, 0.3) is 0 Å². The summed E-state index contributed by atoms with van der Waals surface area (Å²) in [5.74, 6) is -1.22. The molecule has 0 saturated carbocycles. The second-order valence-electron chi connectivity index (χ2n) is 5.15. The van der Waals surface area contributed by atoms with E-state index in [9.17, 15) is 9.59 Å². The van der Waals surface area contributed by atoms with Crippen molar-refractivity contribution in [1.29, 1.82) is 0 Å². The molecular formula is C12H19NO4. The molecule has 0 aromatic rings. The number of hydrogen-bond acceptors (Lipinski definition) is 3. The second kappa shape index (κ2) is 4.77. The molecule has 0 aromatic heterocycles. The molecule has 2 atom stereocenters. The first-order chi connectivity index (χ1) is 7.76. The number of ether oxygens (including phenoxy) is 1. The molecule has 5 heteroatoms. The van der Waals surface area contributed by atoms with Crippen molar-refractivity contribution >= 4 is 12.1 Å². The highest BCUT2D eigenvalue weighted by molar-refractivity contribution is 5.81. The number of amides is 1. The van der Waals surface area contributed by atoms with Crippen molar-refractivity contribution in [3.05, 3.63) is 12.7 Å². The van der Waals surface area contributed by atoms with Crippen LogP contribution in [-0.2, 0) is 9.53 Å². The van der Waals surface area contributed by atoms with Gasteiger partial charge in [-0.25, -0.2) is 9.59 Å². The maximum absolute atomic E-state index is 11.8. The van der Waals surface area contributed by atoms with Crippen LogP contribution in [0.2, 0.25) is 0 Å². The zero-order chi connectivity index (χ0) is 13.2. The molecule has 1 amide bonds. The van der Waals surface area contributed by atoms with Crippen molar-refractivity contribution in [2.45, 2.75) is 38.8 Å². The van der Waals surface area contributed by atoms with Gasteiger partial charge in [0.15, 0.2) is 0 Å². The Bertz CT molecular complexity index is 332. The van der Waals surface area contributed by atoms with Gasteiger partial charge in [-0.2, -0.15) is 0 Å². The molecule has 1 rings (SSSR count). The van der Waals surface area contributed by atoms with Crippen LogP contribution >= 0.6 is 0 Å². The molecular weight excluding hydrogens is 222 g/mol. The summed E-state index contributed by atoms with van der Waals surface area (Å²) in [4.78, 5) is 24.3. The number of likely N-dealkylation sites (tertiary alicyclic amines) is 1. The van der Waals surface area contributed by atoms with Gasteiger partial charge < -0.3 is 9.84 Å². The number of aliphatic carboxylic acids is 1. The molecule has 1 heterocycles. The zero-order valence-electron chi connectivity index (χ0n) is 10.5. The molecule has 1 aliphatic heterocycles. The summed E-state index contributed by atoms with van der Waals surface area (Å²) >= 11 is 0. The van der Waals surface area contributed by atoms with Crippen molar-refractivity contribution in [1.82, 2.24) is 4.90 Å². The third-order valence-corrected chi connectivity index (χ3v) is 2.63. The molecule has 1 aliphatic rings. The van der Waals surface area contributed by atoms with E-state index in [4.69, 9.17) is 9.84 Å².